The van der Waals surface area contributed by atoms with E-state index in [1.54, 1.807) is 0 Å². The van der Waals surface area contributed by atoms with E-state index in [-0.39, 0.29) is 12.0 Å². The first-order valence-corrected chi connectivity index (χ1v) is 12.8. The third-order valence-corrected chi connectivity index (χ3v) is 7.65. The van der Waals surface area contributed by atoms with E-state index in [2.05, 4.69) is 55.0 Å². The normalized spacial score (nSPS) is 16.5. The van der Waals surface area contributed by atoms with Crippen LogP contribution in [-0.2, 0) is 18.9 Å². The fourth-order valence-corrected chi connectivity index (χ4v) is 5.59. The number of benzene rings is 1. The van der Waals surface area contributed by atoms with Crippen LogP contribution in [-0.4, -0.2) is 39.9 Å². The number of aromatic nitrogens is 7. The number of rotatable bonds is 5. The average molecular weight is 480 g/mol. The minimum absolute atomic E-state index is 0.172. The number of carbonyl (C=O) groups excluding carboxylic acids is 1. The van der Waals surface area contributed by atoms with Crippen LogP contribution >= 0.6 is 0 Å². The van der Waals surface area contributed by atoms with E-state index in [1.165, 1.54) is 18.5 Å². The first kappa shape index (κ1) is 21.5. The lowest BCUT2D eigenvalue weighted by atomic mass is 9.92. The number of aryl methyl sites for hydroxylation is 1. The molecule has 0 N–H and O–H groups in total. The maximum Gasteiger partial charge on any atom is 0.181 e. The lowest BCUT2D eigenvalue weighted by Crippen LogP contribution is -2.26. The summed E-state index contributed by atoms with van der Waals surface area (Å²) in [6.45, 7) is 4.35. The third-order valence-electron chi connectivity index (χ3n) is 7.65. The van der Waals surface area contributed by atoms with Gasteiger partial charge in [0.15, 0.2) is 5.65 Å². The molecule has 0 amide bonds. The third kappa shape index (κ3) is 3.23. The smallest absolute Gasteiger partial charge is 0.181 e. The van der Waals surface area contributed by atoms with E-state index in [4.69, 9.17) is 15.1 Å². The summed E-state index contributed by atoms with van der Waals surface area (Å²) in [6.07, 6.45) is 7.64. The van der Waals surface area contributed by atoms with Gasteiger partial charge in [-0.3, -0.25) is 14.2 Å². The predicted octanol–water partition coefficient (Wildman–Crippen LogP) is 5.29. The maximum atomic E-state index is 11.6. The van der Waals surface area contributed by atoms with Crippen molar-refractivity contribution in [3.63, 3.8) is 0 Å². The van der Waals surface area contributed by atoms with E-state index in [1.807, 2.05) is 28.7 Å². The fraction of sp³-hybridized carbons (Fsp3) is 0.393. The summed E-state index contributed by atoms with van der Waals surface area (Å²) in [5.74, 6) is 2.01. The summed E-state index contributed by atoms with van der Waals surface area (Å²) < 4.78 is 6.08. The van der Waals surface area contributed by atoms with Crippen molar-refractivity contribution in [2.75, 3.05) is 0 Å². The van der Waals surface area contributed by atoms with Crippen molar-refractivity contribution in [1.29, 1.82) is 0 Å². The molecule has 0 bridgehead atoms. The molecule has 0 aliphatic heterocycles. The van der Waals surface area contributed by atoms with Gasteiger partial charge < -0.3 is 4.57 Å². The number of Topliss-reactive ketones (excluding diaryl/α,β-unsaturated/α-hetero) is 1. The first-order valence-electron chi connectivity index (χ1n) is 12.8. The van der Waals surface area contributed by atoms with Gasteiger partial charge in [0.1, 0.15) is 11.6 Å². The highest BCUT2D eigenvalue weighted by Gasteiger charge is 2.34. The maximum absolute atomic E-state index is 11.6. The molecule has 2 saturated carbocycles. The summed E-state index contributed by atoms with van der Waals surface area (Å²) in [5.41, 5.74) is 7.22. The highest BCUT2D eigenvalue weighted by molar-refractivity contribution is 5.95. The molecule has 0 unspecified atom stereocenters. The Morgan fingerprint density at radius 1 is 1.00 bits per heavy atom. The lowest BCUT2D eigenvalue weighted by Gasteiger charge is -2.23. The molecule has 1 aromatic carbocycles. The molecule has 36 heavy (non-hydrogen) atoms. The largest absolute Gasteiger partial charge is 0.330 e. The number of fused-ring (bicyclic) bond motifs is 2. The van der Waals surface area contributed by atoms with Gasteiger partial charge in [0.25, 0.3) is 0 Å². The van der Waals surface area contributed by atoms with Gasteiger partial charge in [0, 0.05) is 72.8 Å². The number of hydrogen-bond acceptors (Lipinski definition) is 5. The van der Waals surface area contributed by atoms with Gasteiger partial charge in [-0.15, -0.1) is 0 Å². The van der Waals surface area contributed by atoms with Crippen molar-refractivity contribution in [3.05, 3.63) is 48.0 Å². The molecular formula is C28H29N7O. The Hall–Kier alpha value is -3.81. The molecule has 2 aliphatic carbocycles. The Kier molecular flexibility index (Phi) is 4.53. The number of carbonyl (C=O) groups is 1. The van der Waals surface area contributed by atoms with Crippen LogP contribution in [0.2, 0.25) is 0 Å². The molecule has 2 fully saturated rings. The van der Waals surface area contributed by atoms with Crippen LogP contribution in [0, 0.1) is 0 Å². The fourth-order valence-electron chi connectivity index (χ4n) is 5.59. The molecule has 8 heteroatoms. The summed E-state index contributed by atoms with van der Waals surface area (Å²) in [7, 11) is 4.07. The topological polar surface area (TPSA) is 83.4 Å². The molecule has 0 radical (unpaired) electrons. The summed E-state index contributed by atoms with van der Waals surface area (Å²) in [5, 5.41) is 11.5. The Bertz CT molecular complexity index is 1670. The minimum atomic E-state index is 0.172. The number of ketones is 1. The van der Waals surface area contributed by atoms with Crippen molar-refractivity contribution >= 4 is 27.7 Å². The molecule has 0 saturated heterocycles. The second-order valence-electron chi connectivity index (χ2n) is 10.7. The van der Waals surface area contributed by atoms with Gasteiger partial charge in [-0.25, -0.2) is 9.97 Å². The van der Waals surface area contributed by atoms with Gasteiger partial charge in [-0.2, -0.15) is 10.2 Å². The van der Waals surface area contributed by atoms with Gasteiger partial charge in [-0.1, -0.05) is 26.0 Å². The highest BCUT2D eigenvalue weighted by Crippen LogP contribution is 2.47. The van der Waals surface area contributed by atoms with Crippen LogP contribution in [0.25, 0.3) is 44.6 Å². The predicted molar refractivity (Wildman–Crippen MR) is 139 cm³/mol. The number of hydrogen-bond donors (Lipinski definition) is 0. The average Bonchev–Trinajstić information content (AvgIpc) is 3.30. The molecule has 2 aliphatic rings. The van der Waals surface area contributed by atoms with E-state index < -0.39 is 0 Å². The van der Waals surface area contributed by atoms with E-state index >= 15 is 0 Å². The van der Waals surface area contributed by atoms with Gasteiger partial charge in [-0.05, 0) is 30.9 Å². The number of pyridine rings is 1. The van der Waals surface area contributed by atoms with E-state index in [9.17, 15) is 4.79 Å². The minimum Gasteiger partial charge on any atom is -0.330 e. The van der Waals surface area contributed by atoms with E-state index in [0.29, 0.717) is 24.5 Å². The van der Waals surface area contributed by atoms with Crippen molar-refractivity contribution < 1.29 is 4.79 Å². The summed E-state index contributed by atoms with van der Waals surface area (Å²) in [4.78, 5) is 21.9. The van der Waals surface area contributed by atoms with Crippen LogP contribution in [0.5, 0.6) is 0 Å². The van der Waals surface area contributed by atoms with Crippen LogP contribution in [0.3, 0.4) is 0 Å². The first-order chi connectivity index (χ1) is 17.4. The van der Waals surface area contributed by atoms with Crippen LogP contribution in [0.15, 0.2) is 36.7 Å². The van der Waals surface area contributed by atoms with Crippen LogP contribution < -0.4 is 0 Å². The molecule has 0 spiro atoms. The van der Waals surface area contributed by atoms with Crippen molar-refractivity contribution in [1.82, 2.24) is 34.1 Å². The number of nitrogens with zero attached hydrogens (tertiary/aromatic N) is 7. The SMILES string of the molecule is CC(C)c1nc2nn(C)cc2cc1-c1nc(-c2cccc3nn(C4CC(=O)C4)cc23)c(C2CC2)n1C. The Balaban J connectivity index is 1.43. The van der Waals surface area contributed by atoms with E-state index in [0.717, 1.165) is 50.3 Å². The molecule has 5 aromatic rings. The second kappa shape index (κ2) is 7.59. The van der Waals surface area contributed by atoms with Gasteiger partial charge in [0.2, 0.25) is 0 Å². The van der Waals surface area contributed by atoms with Gasteiger partial charge >= 0.3 is 0 Å². The lowest BCUT2D eigenvalue weighted by molar-refractivity contribution is -0.126. The highest BCUT2D eigenvalue weighted by atomic mass is 16.1. The Morgan fingerprint density at radius 3 is 2.53 bits per heavy atom. The molecule has 7 rings (SSSR count). The zero-order chi connectivity index (χ0) is 24.7. The van der Waals surface area contributed by atoms with Crippen molar-refractivity contribution in [2.45, 2.75) is 57.4 Å². The summed E-state index contributed by atoms with van der Waals surface area (Å²) >= 11 is 0. The zero-order valence-electron chi connectivity index (χ0n) is 21.1. The standard InChI is InChI=1S/C28H29N7O/c1-15(2)24-21(10-17-13-33(3)32-27(17)29-24)28-30-25(26(34(28)4)16-8-9-16)20-6-5-7-23-22(20)14-35(31-23)18-11-19(36)12-18/h5-7,10,13-16,18H,8-9,11-12H2,1-4H3. The molecule has 4 heterocycles. The zero-order valence-corrected chi connectivity index (χ0v) is 21.1. The van der Waals surface area contributed by atoms with Crippen LogP contribution in [0.4, 0.5) is 0 Å². The van der Waals surface area contributed by atoms with Gasteiger partial charge in [0.05, 0.1) is 22.9 Å². The molecule has 8 nitrogen and oxygen atoms in total. The number of imidazole rings is 1. The van der Waals surface area contributed by atoms with Crippen LogP contribution in [0.1, 0.15) is 68.8 Å². The van der Waals surface area contributed by atoms with Crippen molar-refractivity contribution in [3.8, 4) is 22.6 Å². The molecular weight excluding hydrogens is 450 g/mol. The molecule has 182 valence electrons. The second-order valence-corrected chi connectivity index (χ2v) is 10.7. The summed E-state index contributed by atoms with van der Waals surface area (Å²) in [6, 6.07) is 8.64. The van der Waals surface area contributed by atoms with Crippen molar-refractivity contribution in [2.24, 2.45) is 14.1 Å². The monoisotopic (exact) mass is 479 g/mol. The Labute approximate surface area is 209 Å². The Morgan fingerprint density at radius 2 is 1.81 bits per heavy atom. The quantitative estimate of drug-likeness (QED) is 0.342. The molecule has 4 aromatic heterocycles. The molecule has 0 atom stereocenters.